The van der Waals surface area contributed by atoms with E-state index >= 15 is 0 Å². The minimum Gasteiger partial charge on any atom is -0.477 e. The molecule has 8 heteroatoms. The largest absolute Gasteiger partial charge is 0.477 e. The number of carboxylic acids is 1. The Morgan fingerprint density at radius 2 is 2.12 bits per heavy atom. The first kappa shape index (κ1) is 11.1. The number of rotatable bonds is 3. The maximum Gasteiger partial charge on any atom is 0.352 e. The van der Waals surface area contributed by atoms with Gasteiger partial charge in [-0.15, -0.1) is 0 Å². The summed E-state index contributed by atoms with van der Waals surface area (Å²) < 4.78 is 24.7. The van der Waals surface area contributed by atoms with Gasteiger partial charge in [-0.05, 0) is 6.07 Å². The molecule has 0 spiro atoms. The van der Waals surface area contributed by atoms with E-state index in [9.17, 15) is 13.2 Å². The van der Waals surface area contributed by atoms with Crippen LogP contribution in [0.1, 0.15) is 10.5 Å². The van der Waals surface area contributed by atoms with Crippen LogP contribution in [0.3, 0.4) is 0 Å². The van der Waals surface area contributed by atoms with Gasteiger partial charge in [0.25, 0.3) is 0 Å². The Labute approximate surface area is 91.4 Å². The summed E-state index contributed by atoms with van der Waals surface area (Å²) in [7, 11) is -3.67. The first-order chi connectivity index (χ1) is 7.41. The van der Waals surface area contributed by atoms with Crippen LogP contribution >= 0.6 is 0 Å². The summed E-state index contributed by atoms with van der Waals surface area (Å²) in [5.41, 5.74) is -0.181. The molecular formula is C8H10N2O5S. The van der Waals surface area contributed by atoms with Crippen molar-refractivity contribution in [2.75, 3.05) is 13.1 Å². The molecule has 1 aromatic heterocycles. The molecule has 0 aromatic carbocycles. The molecule has 1 aliphatic rings. The number of sulfonamides is 1. The zero-order chi connectivity index (χ0) is 11.9. The lowest BCUT2D eigenvalue weighted by Crippen LogP contribution is -2.53. The Morgan fingerprint density at radius 1 is 1.50 bits per heavy atom. The van der Waals surface area contributed by atoms with Crippen molar-refractivity contribution in [3.63, 3.8) is 0 Å². The number of hydrogen-bond acceptors (Lipinski definition) is 4. The van der Waals surface area contributed by atoms with E-state index in [0.29, 0.717) is 0 Å². The molecule has 3 N–H and O–H groups in total. The number of carboxylic acid groups (broad SMARTS) is 1. The second kappa shape index (κ2) is 3.58. The standard InChI is InChI=1S/C8H10N2O5S/c11-5-3-10(4-5)16(14,15)6-1-7(8(12)13)9-2-6/h1-2,5,9,11H,3-4H2,(H,12,13). The Balaban J connectivity index is 2.26. The maximum atomic E-state index is 11.8. The van der Waals surface area contributed by atoms with E-state index in [4.69, 9.17) is 10.2 Å². The lowest BCUT2D eigenvalue weighted by atomic mass is 10.2. The quantitative estimate of drug-likeness (QED) is 0.638. The Bertz CT molecular complexity index is 514. The van der Waals surface area contributed by atoms with Gasteiger partial charge in [0.1, 0.15) is 10.6 Å². The van der Waals surface area contributed by atoms with Crippen LogP contribution in [-0.4, -0.2) is 53.1 Å². The SMILES string of the molecule is O=C(O)c1cc(S(=O)(=O)N2CC(O)C2)c[nH]1. The van der Waals surface area contributed by atoms with Crippen molar-refractivity contribution in [2.24, 2.45) is 0 Å². The van der Waals surface area contributed by atoms with Crippen LogP contribution in [0.15, 0.2) is 17.2 Å². The molecule has 0 saturated carbocycles. The number of aliphatic hydroxyl groups is 1. The summed E-state index contributed by atoms with van der Waals surface area (Å²) in [6.45, 7) is 0.103. The van der Waals surface area contributed by atoms with Crippen molar-refractivity contribution in [3.05, 3.63) is 18.0 Å². The molecule has 2 heterocycles. The third-order valence-corrected chi connectivity index (χ3v) is 4.16. The van der Waals surface area contributed by atoms with Gasteiger partial charge in [0.15, 0.2) is 0 Å². The summed E-state index contributed by atoms with van der Waals surface area (Å²) in [5, 5.41) is 17.7. The molecule has 2 rings (SSSR count). The van der Waals surface area contributed by atoms with Crippen molar-refractivity contribution in [2.45, 2.75) is 11.0 Å². The monoisotopic (exact) mass is 246 g/mol. The van der Waals surface area contributed by atoms with E-state index in [1.165, 1.54) is 0 Å². The maximum absolute atomic E-state index is 11.8. The molecule has 1 fully saturated rings. The number of aromatic nitrogens is 1. The number of aromatic amines is 1. The van der Waals surface area contributed by atoms with Gasteiger partial charge in [-0.1, -0.05) is 0 Å². The number of nitrogens with one attached hydrogen (secondary N) is 1. The molecule has 0 unspecified atom stereocenters. The number of aliphatic hydroxyl groups excluding tert-OH is 1. The van der Waals surface area contributed by atoms with Gasteiger partial charge >= 0.3 is 5.97 Å². The van der Waals surface area contributed by atoms with Crippen LogP contribution in [0.25, 0.3) is 0 Å². The highest BCUT2D eigenvalue weighted by atomic mass is 32.2. The van der Waals surface area contributed by atoms with Crippen molar-refractivity contribution in [3.8, 4) is 0 Å². The van der Waals surface area contributed by atoms with Gasteiger partial charge in [-0.2, -0.15) is 4.31 Å². The predicted molar refractivity (Wildman–Crippen MR) is 52.5 cm³/mol. The molecule has 0 bridgehead atoms. The van der Waals surface area contributed by atoms with Crippen LogP contribution in [-0.2, 0) is 10.0 Å². The summed E-state index contributed by atoms with van der Waals surface area (Å²) >= 11 is 0. The number of β-amino-alcohol motifs (C(OH)–C–C–N with tert-alkyl or cyclic N) is 1. The number of hydrogen-bond donors (Lipinski definition) is 3. The molecule has 16 heavy (non-hydrogen) atoms. The van der Waals surface area contributed by atoms with E-state index in [0.717, 1.165) is 16.6 Å². The molecule has 0 amide bonds. The molecule has 0 aliphatic carbocycles. The fraction of sp³-hybridized carbons (Fsp3) is 0.375. The molecule has 88 valence electrons. The van der Waals surface area contributed by atoms with E-state index in [-0.39, 0.29) is 23.7 Å². The van der Waals surface area contributed by atoms with E-state index in [2.05, 4.69) is 4.98 Å². The molecule has 1 aromatic rings. The minimum atomic E-state index is -3.67. The third-order valence-electron chi connectivity index (χ3n) is 2.35. The van der Waals surface area contributed by atoms with Gasteiger partial charge in [0, 0.05) is 19.3 Å². The number of H-pyrrole nitrogens is 1. The van der Waals surface area contributed by atoms with E-state index in [1.807, 2.05) is 0 Å². The van der Waals surface area contributed by atoms with Crippen LogP contribution in [0.5, 0.6) is 0 Å². The van der Waals surface area contributed by atoms with Crippen molar-refractivity contribution < 1.29 is 23.4 Å². The van der Waals surface area contributed by atoms with Crippen molar-refractivity contribution in [1.82, 2.24) is 9.29 Å². The Kier molecular flexibility index (Phi) is 2.49. The zero-order valence-corrected chi connectivity index (χ0v) is 8.94. The first-order valence-electron chi connectivity index (χ1n) is 4.51. The fourth-order valence-corrected chi connectivity index (χ4v) is 2.92. The van der Waals surface area contributed by atoms with Crippen LogP contribution in [0.4, 0.5) is 0 Å². The number of aromatic carboxylic acids is 1. The van der Waals surface area contributed by atoms with Gasteiger partial charge in [-0.25, -0.2) is 13.2 Å². The number of carbonyl (C=O) groups is 1. The fourth-order valence-electron chi connectivity index (χ4n) is 1.41. The van der Waals surface area contributed by atoms with Crippen molar-refractivity contribution >= 4 is 16.0 Å². The van der Waals surface area contributed by atoms with Crippen LogP contribution in [0, 0.1) is 0 Å². The van der Waals surface area contributed by atoms with Crippen molar-refractivity contribution in [1.29, 1.82) is 0 Å². The lowest BCUT2D eigenvalue weighted by molar-refractivity contribution is 0.0547. The highest BCUT2D eigenvalue weighted by Gasteiger charge is 2.36. The molecule has 1 aliphatic heterocycles. The second-order valence-electron chi connectivity index (χ2n) is 3.53. The summed E-state index contributed by atoms with van der Waals surface area (Å²) in [4.78, 5) is 12.8. The summed E-state index contributed by atoms with van der Waals surface area (Å²) in [6, 6.07) is 1.06. The van der Waals surface area contributed by atoms with Crippen LogP contribution in [0.2, 0.25) is 0 Å². The topological polar surface area (TPSA) is 111 Å². The van der Waals surface area contributed by atoms with Gasteiger partial charge in [-0.3, -0.25) is 0 Å². The molecule has 7 nitrogen and oxygen atoms in total. The first-order valence-corrected chi connectivity index (χ1v) is 5.95. The van der Waals surface area contributed by atoms with Gasteiger partial charge in [0.2, 0.25) is 10.0 Å². The average molecular weight is 246 g/mol. The highest BCUT2D eigenvalue weighted by Crippen LogP contribution is 2.21. The number of nitrogens with zero attached hydrogens (tertiary/aromatic N) is 1. The zero-order valence-electron chi connectivity index (χ0n) is 8.12. The minimum absolute atomic E-state index is 0.0515. The molecule has 0 atom stereocenters. The van der Waals surface area contributed by atoms with Gasteiger partial charge < -0.3 is 15.2 Å². The normalized spacial score (nSPS) is 18.3. The summed E-state index contributed by atoms with van der Waals surface area (Å²) in [6.07, 6.45) is 0.497. The average Bonchev–Trinajstić information content (AvgIpc) is 2.61. The van der Waals surface area contributed by atoms with E-state index in [1.54, 1.807) is 0 Å². The smallest absolute Gasteiger partial charge is 0.352 e. The Morgan fingerprint density at radius 3 is 2.56 bits per heavy atom. The van der Waals surface area contributed by atoms with E-state index < -0.39 is 22.1 Å². The molecule has 0 radical (unpaired) electrons. The highest BCUT2D eigenvalue weighted by molar-refractivity contribution is 7.89. The third kappa shape index (κ3) is 1.70. The molecular weight excluding hydrogens is 236 g/mol. The molecule has 1 saturated heterocycles. The van der Waals surface area contributed by atoms with Gasteiger partial charge in [0.05, 0.1) is 6.10 Å². The lowest BCUT2D eigenvalue weighted by Gasteiger charge is -2.34. The Hall–Kier alpha value is -1.38. The summed E-state index contributed by atoms with van der Waals surface area (Å²) in [5.74, 6) is -1.22. The second-order valence-corrected chi connectivity index (χ2v) is 5.47. The van der Waals surface area contributed by atoms with Crippen LogP contribution < -0.4 is 0 Å². The predicted octanol–water partition coefficient (Wildman–Crippen LogP) is -0.922.